The summed E-state index contributed by atoms with van der Waals surface area (Å²) < 4.78 is 121. The summed E-state index contributed by atoms with van der Waals surface area (Å²) in [6.45, 7) is 0.475. The molecule has 0 bridgehead atoms. The van der Waals surface area contributed by atoms with Crippen LogP contribution in [0.1, 0.15) is 41.3 Å². The van der Waals surface area contributed by atoms with Crippen molar-refractivity contribution in [1.82, 2.24) is 0 Å². The number of alkyl halides is 9. The number of hydrogen-bond donors (Lipinski definition) is 1. The van der Waals surface area contributed by atoms with Gasteiger partial charge in [0.25, 0.3) is 0 Å². The highest BCUT2D eigenvalue weighted by atomic mass is 19.4. The van der Waals surface area contributed by atoms with Crippen LogP contribution >= 0.6 is 0 Å². The van der Waals surface area contributed by atoms with Crippen LogP contribution in [0.2, 0.25) is 0 Å². The molecule has 0 radical (unpaired) electrons. The smallest absolute Gasteiger partial charge is 0.382 e. The minimum absolute atomic E-state index is 0.0370. The number of anilines is 2. The number of halogens is 9. The molecule has 0 amide bonds. The van der Waals surface area contributed by atoms with Crippen molar-refractivity contribution in [1.29, 1.82) is 0 Å². The van der Waals surface area contributed by atoms with Gasteiger partial charge < -0.3 is 14.9 Å². The predicted octanol–water partition coefficient (Wildman–Crippen LogP) is 7.78. The number of nitrogens with zero attached hydrogens (tertiary/aromatic N) is 2. The lowest BCUT2D eigenvalue weighted by atomic mass is 9.94. The van der Waals surface area contributed by atoms with Crippen molar-refractivity contribution in [2.45, 2.75) is 43.6 Å². The minimum atomic E-state index is -4.99. The number of aliphatic hydroxyl groups excluding tert-OH is 1. The highest BCUT2D eigenvalue weighted by Gasteiger charge is 2.43. The Balaban J connectivity index is 1.84. The summed E-state index contributed by atoms with van der Waals surface area (Å²) in [6.07, 6.45) is -17.1. The second-order valence-corrected chi connectivity index (χ2v) is 9.29. The number of aliphatic hydroxyl groups is 1. The molecule has 12 heteroatoms. The highest BCUT2D eigenvalue weighted by molar-refractivity contribution is 5.75. The topological polar surface area (TPSA) is 26.7 Å². The summed E-state index contributed by atoms with van der Waals surface area (Å²) >= 11 is 0. The van der Waals surface area contributed by atoms with Gasteiger partial charge in [0.15, 0.2) is 6.10 Å². The monoisotopic (exact) mass is 562 g/mol. The first kappa shape index (κ1) is 28.6. The van der Waals surface area contributed by atoms with Gasteiger partial charge in [0.2, 0.25) is 0 Å². The lowest BCUT2D eigenvalue weighted by Crippen LogP contribution is -2.49. The average Bonchev–Trinajstić information content (AvgIpc) is 2.87. The van der Waals surface area contributed by atoms with Gasteiger partial charge in [-0.3, -0.25) is 0 Å². The molecule has 3 aromatic carbocycles. The first-order valence-electron chi connectivity index (χ1n) is 11.8. The molecule has 1 N–H and O–H groups in total. The Morgan fingerprint density at radius 3 is 1.92 bits per heavy atom. The third-order valence-corrected chi connectivity index (χ3v) is 6.76. The molecule has 39 heavy (non-hydrogen) atoms. The Labute approximate surface area is 218 Å². The predicted molar refractivity (Wildman–Crippen MR) is 127 cm³/mol. The van der Waals surface area contributed by atoms with Crippen LogP contribution in [0, 0.1) is 0 Å². The standard InChI is InChI=1S/C27H23F9N2O/c1-16(17-6-4-8-19(12-17)25(28,29)30)37-14-23(18-7-5-9-20(13-18)26(31,32)33)38(15-24(39)27(34,35)36)22-11-3-2-10-21(22)37/h2-13,16,23-24,39H,14-15H2,1H3/t16?,23?,24-/m1/s1. The van der Waals surface area contributed by atoms with Crippen molar-refractivity contribution in [2.75, 3.05) is 22.9 Å². The highest BCUT2D eigenvalue weighted by Crippen LogP contribution is 2.46. The fraction of sp³-hybridized carbons (Fsp3) is 0.333. The molecule has 0 aromatic heterocycles. The van der Waals surface area contributed by atoms with Gasteiger partial charge in [0.05, 0.1) is 41.1 Å². The zero-order valence-electron chi connectivity index (χ0n) is 20.3. The zero-order chi connectivity index (χ0) is 28.8. The summed E-state index contributed by atoms with van der Waals surface area (Å²) in [5.74, 6) is 0. The second-order valence-electron chi connectivity index (χ2n) is 9.29. The van der Waals surface area contributed by atoms with E-state index in [2.05, 4.69) is 0 Å². The fourth-order valence-electron chi connectivity index (χ4n) is 4.75. The molecule has 1 aliphatic heterocycles. The Morgan fingerprint density at radius 2 is 1.33 bits per heavy atom. The first-order chi connectivity index (χ1) is 18.1. The molecule has 1 aliphatic rings. The van der Waals surface area contributed by atoms with Gasteiger partial charge >= 0.3 is 18.5 Å². The molecule has 4 rings (SSSR count). The Morgan fingerprint density at radius 1 is 0.769 bits per heavy atom. The van der Waals surface area contributed by atoms with E-state index in [1.54, 1.807) is 24.0 Å². The van der Waals surface area contributed by atoms with E-state index in [0.29, 0.717) is 5.69 Å². The summed E-state index contributed by atoms with van der Waals surface area (Å²) in [7, 11) is 0. The van der Waals surface area contributed by atoms with E-state index < -0.39 is 54.4 Å². The molecule has 0 aliphatic carbocycles. The molecule has 3 aromatic rings. The maximum Gasteiger partial charge on any atom is 0.416 e. The SMILES string of the molecule is CC(c1cccc(C(F)(F)F)c1)N1CC(c2cccc(C(F)(F)F)c2)N(C[C@@H](O)C(F)(F)F)c2ccccc21. The largest absolute Gasteiger partial charge is 0.416 e. The van der Waals surface area contributed by atoms with Crippen LogP contribution in [0.5, 0.6) is 0 Å². The van der Waals surface area contributed by atoms with Crippen molar-refractivity contribution in [2.24, 2.45) is 0 Å². The lowest BCUT2D eigenvalue weighted by Gasteiger charge is -2.47. The van der Waals surface area contributed by atoms with Crippen molar-refractivity contribution < 1.29 is 44.6 Å². The van der Waals surface area contributed by atoms with Crippen LogP contribution < -0.4 is 9.80 Å². The summed E-state index contributed by atoms with van der Waals surface area (Å²) in [5, 5.41) is 9.91. The number of benzene rings is 3. The van der Waals surface area contributed by atoms with Gasteiger partial charge in [0.1, 0.15) is 0 Å². The Hall–Kier alpha value is -3.41. The van der Waals surface area contributed by atoms with Gasteiger partial charge in [-0.1, -0.05) is 36.4 Å². The average molecular weight is 562 g/mol. The van der Waals surface area contributed by atoms with Crippen LogP contribution in [-0.2, 0) is 12.4 Å². The van der Waals surface area contributed by atoms with Gasteiger partial charge in [0, 0.05) is 6.54 Å². The quantitative estimate of drug-likeness (QED) is 0.322. The van der Waals surface area contributed by atoms with Gasteiger partial charge in [-0.25, -0.2) is 0 Å². The molecular formula is C27H23F9N2O. The lowest BCUT2D eigenvalue weighted by molar-refractivity contribution is -0.200. The normalized spacial score (nSPS) is 18.1. The van der Waals surface area contributed by atoms with Crippen molar-refractivity contribution in [3.8, 4) is 0 Å². The van der Waals surface area contributed by atoms with Gasteiger partial charge in [-0.2, -0.15) is 39.5 Å². The van der Waals surface area contributed by atoms with Crippen LogP contribution in [0.25, 0.3) is 0 Å². The summed E-state index contributed by atoms with van der Waals surface area (Å²) in [6, 6.07) is 13.0. The molecule has 210 valence electrons. The van der Waals surface area contributed by atoms with Crippen molar-refractivity contribution in [3.63, 3.8) is 0 Å². The van der Waals surface area contributed by atoms with E-state index >= 15 is 0 Å². The summed E-state index contributed by atoms with van der Waals surface area (Å²) in [4.78, 5) is 2.84. The molecule has 1 heterocycles. The molecule has 2 unspecified atom stereocenters. The number of β-amino-alcohol motifs (C(OH)–C–C–N with tert-alkyl or cyclic N) is 1. The van der Waals surface area contributed by atoms with E-state index in [1.807, 2.05) is 0 Å². The van der Waals surface area contributed by atoms with E-state index in [0.717, 1.165) is 30.3 Å². The van der Waals surface area contributed by atoms with Crippen LogP contribution in [0.15, 0.2) is 72.8 Å². The second kappa shape index (κ2) is 10.3. The van der Waals surface area contributed by atoms with Gasteiger partial charge in [-0.15, -0.1) is 0 Å². The summed E-state index contributed by atoms with van der Waals surface area (Å²) in [5.41, 5.74) is -1.05. The first-order valence-corrected chi connectivity index (χ1v) is 11.8. The molecule has 0 spiro atoms. The van der Waals surface area contributed by atoms with Crippen LogP contribution in [-0.4, -0.2) is 30.5 Å². The number of para-hydroxylation sites is 2. The number of fused-ring (bicyclic) bond motifs is 1. The van der Waals surface area contributed by atoms with Crippen LogP contribution in [0.3, 0.4) is 0 Å². The van der Waals surface area contributed by atoms with E-state index in [-0.39, 0.29) is 23.4 Å². The van der Waals surface area contributed by atoms with E-state index in [4.69, 9.17) is 0 Å². The minimum Gasteiger partial charge on any atom is -0.382 e. The van der Waals surface area contributed by atoms with E-state index in [9.17, 15) is 44.6 Å². The number of hydrogen-bond acceptors (Lipinski definition) is 3. The maximum atomic E-state index is 13.5. The molecule has 3 nitrogen and oxygen atoms in total. The third kappa shape index (κ3) is 6.10. The number of rotatable bonds is 5. The molecule has 0 saturated carbocycles. The van der Waals surface area contributed by atoms with Crippen molar-refractivity contribution in [3.05, 3.63) is 95.1 Å². The molecule has 0 saturated heterocycles. The molecule has 3 atom stereocenters. The zero-order valence-corrected chi connectivity index (χ0v) is 20.3. The van der Waals surface area contributed by atoms with Crippen LogP contribution in [0.4, 0.5) is 50.9 Å². The molecule has 0 fully saturated rings. The Kier molecular flexibility index (Phi) is 7.54. The maximum absolute atomic E-state index is 13.5. The third-order valence-electron chi connectivity index (χ3n) is 6.76. The Bertz CT molecular complexity index is 1300. The van der Waals surface area contributed by atoms with E-state index in [1.165, 1.54) is 35.2 Å². The van der Waals surface area contributed by atoms with Gasteiger partial charge in [-0.05, 0) is 54.4 Å². The molecular weight excluding hydrogens is 539 g/mol. The van der Waals surface area contributed by atoms with Crippen molar-refractivity contribution >= 4 is 11.4 Å². The fourth-order valence-corrected chi connectivity index (χ4v) is 4.75.